The average molecular weight is 343 g/mol. The van der Waals surface area contributed by atoms with Gasteiger partial charge < -0.3 is 9.15 Å². The van der Waals surface area contributed by atoms with Crippen molar-refractivity contribution in [3.05, 3.63) is 18.4 Å². The van der Waals surface area contributed by atoms with Gasteiger partial charge in [-0.1, -0.05) is 0 Å². The Balaban J connectivity index is 1.55. The van der Waals surface area contributed by atoms with E-state index < -0.39 is 21.4 Å². The number of ether oxygens (including phenoxy) is 1. The smallest absolute Gasteiger partial charge is 0.312 e. The molecule has 1 aromatic heterocycles. The third-order valence-electron chi connectivity index (χ3n) is 4.52. The van der Waals surface area contributed by atoms with Crippen LogP contribution in [0.5, 0.6) is 0 Å². The summed E-state index contributed by atoms with van der Waals surface area (Å²) in [6.45, 7) is 2.78. The van der Waals surface area contributed by atoms with Gasteiger partial charge in [0.25, 0.3) is 0 Å². The first kappa shape index (κ1) is 16.4. The molecular formula is C14H21N3O5S. The molecule has 0 radical (unpaired) electrons. The second-order valence-corrected chi connectivity index (χ2v) is 8.15. The molecule has 1 saturated heterocycles. The van der Waals surface area contributed by atoms with Crippen molar-refractivity contribution in [1.29, 1.82) is 0 Å². The van der Waals surface area contributed by atoms with Crippen LogP contribution in [0.15, 0.2) is 17.1 Å². The van der Waals surface area contributed by atoms with Crippen LogP contribution in [0.4, 0.5) is 0 Å². The highest BCUT2D eigenvalue weighted by atomic mass is 32.2. The van der Waals surface area contributed by atoms with E-state index in [0.29, 0.717) is 45.6 Å². The Bertz CT molecular complexity index is 646. The number of oxazole rings is 1. The van der Waals surface area contributed by atoms with E-state index in [-0.39, 0.29) is 5.75 Å². The van der Waals surface area contributed by atoms with Gasteiger partial charge in [0.2, 0.25) is 10.0 Å². The van der Waals surface area contributed by atoms with E-state index in [1.165, 1.54) is 17.8 Å². The van der Waals surface area contributed by atoms with E-state index in [1.807, 2.05) is 0 Å². The lowest BCUT2D eigenvalue weighted by atomic mass is 10.1. The summed E-state index contributed by atoms with van der Waals surface area (Å²) in [5, 5.41) is 0. The Labute approximate surface area is 135 Å². The van der Waals surface area contributed by atoms with E-state index in [2.05, 4.69) is 9.88 Å². The molecule has 2 heterocycles. The van der Waals surface area contributed by atoms with E-state index in [9.17, 15) is 13.2 Å². The maximum Gasteiger partial charge on any atom is 0.312 e. The normalized spacial score (nSPS) is 22.0. The van der Waals surface area contributed by atoms with Gasteiger partial charge in [-0.05, 0) is 12.8 Å². The molecule has 8 nitrogen and oxygen atoms in total. The summed E-state index contributed by atoms with van der Waals surface area (Å²) in [5.74, 6) is -0.554. The molecule has 2 aliphatic rings. The number of hydrogen-bond acceptors (Lipinski definition) is 7. The van der Waals surface area contributed by atoms with Crippen LogP contribution >= 0.6 is 0 Å². The Morgan fingerprint density at radius 3 is 2.57 bits per heavy atom. The van der Waals surface area contributed by atoms with Crippen molar-refractivity contribution < 1.29 is 22.4 Å². The molecule has 3 rings (SSSR count). The summed E-state index contributed by atoms with van der Waals surface area (Å²) in [5.41, 5.74) is 0.0229. The zero-order valence-corrected chi connectivity index (χ0v) is 13.9. The molecular weight excluding hydrogens is 322 g/mol. The number of hydrogen-bond donors (Lipinski definition) is 0. The minimum absolute atomic E-state index is 0.143. The van der Waals surface area contributed by atoms with Gasteiger partial charge in [0.1, 0.15) is 6.26 Å². The largest absolute Gasteiger partial charge is 0.469 e. The minimum Gasteiger partial charge on any atom is -0.469 e. The molecule has 23 heavy (non-hydrogen) atoms. The van der Waals surface area contributed by atoms with Crippen LogP contribution in [0, 0.1) is 5.41 Å². The third kappa shape index (κ3) is 3.56. The molecule has 0 amide bonds. The molecule has 128 valence electrons. The number of carbonyl (C=O) groups is 1. The number of sulfonamides is 1. The van der Waals surface area contributed by atoms with Gasteiger partial charge in [0, 0.05) is 32.7 Å². The number of carbonyl (C=O) groups excluding carboxylic acids is 1. The predicted molar refractivity (Wildman–Crippen MR) is 80.8 cm³/mol. The van der Waals surface area contributed by atoms with Crippen molar-refractivity contribution >= 4 is 16.0 Å². The van der Waals surface area contributed by atoms with Gasteiger partial charge in [-0.25, -0.2) is 13.4 Å². The zero-order chi connectivity index (χ0) is 16.5. The van der Waals surface area contributed by atoms with Gasteiger partial charge in [0.15, 0.2) is 6.39 Å². The van der Waals surface area contributed by atoms with Crippen molar-refractivity contribution in [2.45, 2.75) is 19.4 Å². The number of nitrogens with zero attached hydrogens (tertiary/aromatic N) is 3. The number of piperazine rings is 1. The SMILES string of the molecule is COC(=O)C1(CS(=O)(=O)N2CCN(Cc3cocn3)CC2)CC1. The standard InChI is InChI=1S/C14H21N3O5S/c1-21-13(18)14(2-3-14)10-23(19,20)17-6-4-16(5-7-17)8-12-9-22-11-15-12/h9,11H,2-8,10H2,1H3. The molecule has 1 saturated carbocycles. The molecule has 0 aromatic carbocycles. The lowest BCUT2D eigenvalue weighted by molar-refractivity contribution is -0.146. The Kier molecular flexibility index (Phi) is 4.43. The van der Waals surface area contributed by atoms with Crippen molar-refractivity contribution in [2.24, 2.45) is 5.41 Å². The molecule has 0 N–H and O–H groups in total. The van der Waals surface area contributed by atoms with Gasteiger partial charge in [-0.3, -0.25) is 9.69 Å². The molecule has 1 aromatic rings. The van der Waals surface area contributed by atoms with Crippen LogP contribution in [-0.4, -0.2) is 67.6 Å². The fraction of sp³-hybridized carbons (Fsp3) is 0.714. The Morgan fingerprint density at radius 2 is 2.04 bits per heavy atom. The van der Waals surface area contributed by atoms with Gasteiger partial charge in [-0.2, -0.15) is 4.31 Å². The van der Waals surface area contributed by atoms with Crippen LogP contribution < -0.4 is 0 Å². The number of methoxy groups -OCH3 is 1. The van der Waals surface area contributed by atoms with Crippen LogP contribution in [-0.2, 0) is 26.1 Å². The lowest BCUT2D eigenvalue weighted by Crippen LogP contribution is -2.50. The van der Waals surface area contributed by atoms with Gasteiger partial charge in [0.05, 0.1) is 24.0 Å². The molecule has 1 aliphatic carbocycles. The highest BCUT2D eigenvalue weighted by Crippen LogP contribution is 2.48. The molecule has 2 fully saturated rings. The van der Waals surface area contributed by atoms with Crippen LogP contribution in [0.2, 0.25) is 0 Å². The number of aromatic nitrogens is 1. The van der Waals surface area contributed by atoms with E-state index in [1.54, 1.807) is 6.26 Å². The zero-order valence-electron chi connectivity index (χ0n) is 13.1. The van der Waals surface area contributed by atoms with Crippen LogP contribution in [0.3, 0.4) is 0 Å². The number of esters is 1. The van der Waals surface area contributed by atoms with Crippen molar-refractivity contribution in [2.75, 3.05) is 39.0 Å². The summed E-state index contributed by atoms with van der Waals surface area (Å²) in [6, 6.07) is 0. The first-order chi connectivity index (χ1) is 11.0. The van der Waals surface area contributed by atoms with Crippen LogP contribution in [0.1, 0.15) is 18.5 Å². The Hall–Kier alpha value is -1.45. The highest BCUT2D eigenvalue weighted by molar-refractivity contribution is 7.89. The monoisotopic (exact) mass is 343 g/mol. The Morgan fingerprint density at radius 1 is 1.35 bits per heavy atom. The maximum atomic E-state index is 12.6. The van der Waals surface area contributed by atoms with Gasteiger partial charge in [-0.15, -0.1) is 0 Å². The molecule has 9 heteroatoms. The second kappa shape index (κ2) is 6.21. The minimum atomic E-state index is -3.45. The molecule has 0 spiro atoms. The first-order valence-corrected chi connectivity index (χ1v) is 9.22. The molecule has 0 unspecified atom stereocenters. The fourth-order valence-corrected chi connectivity index (χ4v) is 4.93. The number of rotatable bonds is 6. The first-order valence-electron chi connectivity index (χ1n) is 7.61. The summed E-state index contributed by atoms with van der Waals surface area (Å²) >= 11 is 0. The van der Waals surface area contributed by atoms with E-state index in [4.69, 9.17) is 9.15 Å². The van der Waals surface area contributed by atoms with Crippen molar-refractivity contribution in [3.63, 3.8) is 0 Å². The van der Waals surface area contributed by atoms with Crippen LogP contribution in [0.25, 0.3) is 0 Å². The van der Waals surface area contributed by atoms with E-state index in [0.717, 1.165) is 5.69 Å². The predicted octanol–water partition coefficient (Wildman–Crippen LogP) is 0.0752. The topological polar surface area (TPSA) is 93.0 Å². The van der Waals surface area contributed by atoms with Crippen molar-refractivity contribution in [3.8, 4) is 0 Å². The lowest BCUT2D eigenvalue weighted by Gasteiger charge is -2.34. The van der Waals surface area contributed by atoms with Gasteiger partial charge >= 0.3 is 5.97 Å². The fourth-order valence-electron chi connectivity index (χ4n) is 2.93. The maximum absolute atomic E-state index is 12.6. The third-order valence-corrected chi connectivity index (χ3v) is 6.59. The molecule has 0 bridgehead atoms. The quantitative estimate of drug-likeness (QED) is 0.675. The second-order valence-electron chi connectivity index (χ2n) is 6.18. The van der Waals surface area contributed by atoms with Crippen molar-refractivity contribution in [1.82, 2.24) is 14.2 Å². The summed E-state index contributed by atoms with van der Waals surface area (Å²) < 4.78 is 36.3. The summed E-state index contributed by atoms with van der Waals surface area (Å²) in [6.07, 6.45) is 4.16. The average Bonchev–Trinajstić information content (AvgIpc) is 3.12. The van der Waals surface area contributed by atoms with E-state index >= 15 is 0 Å². The summed E-state index contributed by atoms with van der Waals surface area (Å²) in [4.78, 5) is 18.0. The summed E-state index contributed by atoms with van der Waals surface area (Å²) in [7, 11) is -2.14. The highest BCUT2D eigenvalue weighted by Gasteiger charge is 2.54. The molecule has 1 aliphatic heterocycles. The molecule has 0 atom stereocenters.